The SMILES string of the molecule is OC[C@H]1O[C@H](O[C@H]2[C@H](O)[C@@H](CO)OC(O)[C@@H]2O)[C@H](O)[C@@H](O)[C@H]1O. The van der Waals surface area contributed by atoms with E-state index in [4.69, 9.17) is 24.4 Å². The maximum Gasteiger partial charge on any atom is 0.187 e. The third-order valence-electron chi connectivity index (χ3n) is 3.98. The first-order chi connectivity index (χ1) is 10.8. The number of aliphatic hydroxyl groups is 8. The molecule has 2 fully saturated rings. The summed E-state index contributed by atoms with van der Waals surface area (Å²) in [7, 11) is 0. The van der Waals surface area contributed by atoms with Gasteiger partial charge in [-0.2, -0.15) is 0 Å². The fourth-order valence-electron chi connectivity index (χ4n) is 2.56. The molecule has 0 bridgehead atoms. The molecular weight excluding hydrogens is 320 g/mol. The van der Waals surface area contributed by atoms with E-state index in [-0.39, 0.29) is 0 Å². The summed E-state index contributed by atoms with van der Waals surface area (Å²) in [4.78, 5) is 0. The van der Waals surface area contributed by atoms with Crippen LogP contribution in [0.1, 0.15) is 0 Å². The van der Waals surface area contributed by atoms with Crippen LogP contribution in [-0.4, -0.2) is 115 Å². The van der Waals surface area contributed by atoms with Crippen molar-refractivity contribution in [3.8, 4) is 0 Å². The number of hydrogen-bond acceptors (Lipinski definition) is 11. The zero-order chi connectivity index (χ0) is 17.3. The lowest BCUT2D eigenvalue weighted by Crippen LogP contribution is -2.64. The van der Waals surface area contributed by atoms with Gasteiger partial charge in [0.15, 0.2) is 12.6 Å². The highest BCUT2D eigenvalue weighted by Gasteiger charge is 2.50. The highest BCUT2D eigenvalue weighted by atomic mass is 16.7. The van der Waals surface area contributed by atoms with E-state index in [2.05, 4.69) is 0 Å². The van der Waals surface area contributed by atoms with Crippen molar-refractivity contribution < 1.29 is 55.1 Å². The average Bonchev–Trinajstić information content (AvgIpc) is 2.54. The Morgan fingerprint density at radius 1 is 0.652 bits per heavy atom. The first kappa shape index (κ1) is 18.9. The largest absolute Gasteiger partial charge is 0.394 e. The molecule has 10 atom stereocenters. The third-order valence-corrected chi connectivity index (χ3v) is 3.98. The number of rotatable bonds is 4. The zero-order valence-electron chi connectivity index (χ0n) is 12.0. The van der Waals surface area contributed by atoms with Gasteiger partial charge in [0.1, 0.15) is 48.8 Å². The topological polar surface area (TPSA) is 190 Å². The second-order valence-electron chi connectivity index (χ2n) is 5.53. The summed E-state index contributed by atoms with van der Waals surface area (Å²) in [5.74, 6) is 0. The van der Waals surface area contributed by atoms with E-state index in [1.165, 1.54) is 0 Å². The maximum atomic E-state index is 10.00. The average molecular weight is 342 g/mol. The van der Waals surface area contributed by atoms with Crippen LogP contribution in [0.15, 0.2) is 0 Å². The molecule has 23 heavy (non-hydrogen) atoms. The lowest BCUT2D eigenvalue weighted by atomic mass is 9.97. The summed E-state index contributed by atoms with van der Waals surface area (Å²) in [6.07, 6.45) is -15.7. The van der Waals surface area contributed by atoms with Gasteiger partial charge in [0, 0.05) is 0 Å². The molecule has 0 spiro atoms. The molecule has 0 aliphatic carbocycles. The summed E-state index contributed by atoms with van der Waals surface area (Å²) >= 11 is 0. The Labute approximate surface area is 130 Å². The van der Waals surface area contributed by atoms with E-state index in [1.54, 1.807) is 0 Å². The highest BCUT2D eigenvalue weighted by molar-refractivity contribution is 4.93. The summed E-state index contributed by atoms with van der Waals surface area (Å²) in [5, 5.41) is 76.8. The van der Waals surface area contributed by atoms with Crippen LogP contribution in [-0.2, 0) is 14.2 Å². The van der Waals surface area contributed by atoms with Gasteiger partial charge in [0.25, 0.3) is 0 Å². The van der Waals surface area contributed by atoms with Gasteiger partial charge in [-0.3, -0.25) is 0 Å². The van der Waals surface area contributed by atoms with Crippen molar-refractivity contribution >= 4 is 0 Å². The normalized spacial score (nSPS) is 51.7. The molecule has 11 nitrogen and oxygen atoms in total. The number of hydrogen-bond donors (Lipinski definition) is 8. The molecule has 0 aromatic rings. The Bertz CT molecular complexity index is 380. The molecule has 2 saturated heterocycles. The van der Waals surface area contributed by atoms with Crippen molar-refractivity contribution in [1.29, 1.82) is 0 Å². The quantitative estimate of drug-likeness (QED) is 0.243. The van der Waals surface area contributed by atoms with Crippen LogP contribution >= 0.6 is 0 Å². The van der Waals surface area contributed by atoms with Gasteiger partial charge in [0.2, 0.25) is 0 Å². The van der Waals surface area contributed by atoms with E-state index in [9.17, 15) is 30.6 Å². The molecule has 0 amide bonds. The zero-order valence-corrected chi connectivity index (χ0v) is 12.0. The second-order valence-corrected chi connectivity index (χ2v) is 5.53. The van der Waals surface area contributed by atoms with Gasteiger partial charge in [-0.25, -0.2) is 0 Å². The maximum absolute atomic E-state index is 10.00. The van der Waals surface area contributed by atoms with E-state index in [0.717, 1.165) is 0 Å². The van der Waals surface area contributed by atoms with Crippen LogP contribution in [0.2, 0.25) is 0 Å². The van der Waals surface area contributed by atoms with Gasteiger partial charge < -0.3 is 55.1 Å². The van der Waals surface area contributed by atoms with Crippen molar-refractivity contribution in [2.24, 2.45) is 0 Å². The van der Waals surface area contributed by atoms with Crippen LogP contribution in [0.4, 0.5) is 0 Å². The van der Waals surface area contributed by atoms with Crippen LogP contribution in [0.3, 0.4) is 0 Å². The molecule has 2 aliphatic heterocycles. The standard InChI is InChI=1S/C12H22O11/c13-1-3-5(15)7(17)8(18)12(22-3)23-10-6(16)4(2-14)21-11(20)9(10)19/h3-20H,1-2H2/t3-,4-,5+,6-,7+,8-,9-,10+,11?,12-/m1/s1. The Morgan fingerprint density at radius 3 is 1.78 bits per heavy atom. The Morgan fingerprint density at radius 2 is 1.22 bits per heavy atom. The van der Waals surface area contributed by atoms with Gasteiger partial charge >= 0.3 is 0 Å². The van der Waals surface area contributed by atoms with E-state index < -0.39 is 74.6 Å². The van der Waals surface area contributed by atoms with Gasteiger partial charge in [-0.15, -0.1) is 0 Å². The molecule has 0 aromatic heterocycles. The van der Waals surface area contributed by atoms with E-state index in [1.807, 2.05) is 0 Å². The molecule has 2 heterocycles. The van der Waals surface area contributed by atoms with Crippen molar-refractivity contribution in [2.45, 2.75) is 61.4 Å². The molecule has 0 saturated carbocycles. The molecule has 2 rings (SSSR count). The second kappa shape index (κ2) is 7.63. The van der Waals surface area contributed by atoms with Crippen molar-refractivity contribution in [2.75, 3.05) is 13.2 Å². The summed E-state index contributed by atoms with van der Waals surface area (Å²) in [6.45, 7) is -1.34. The van der Waals surface area contributed by atoms with Crippen LogP contribution in [0, 0.1) is 0 Å². The van der Waals surface area contributed by atoms with E-state index >= 15 is 0 Å². The molecule has 1 unspecified atom stereocenters. The predicted molar refractivity (Wildman–Crippen MR) is 68.6 cm³/mol. The van der Waals surface area contributed by atoms with Crippen molar-refractivity contribution in [3.63, 3.8) is 0 Å². The number of aliphatic hydroxyl groups excluding tert-OH is 8. The lowest BCUT2D eigenvalue weighted by molar-refractivity contribution is -0.355. The lowest BCUT2D eigenvalue weighted by Gasteiger charge is -2.45. The molecule has 11 heteroatoms. The minimum absolute atomic E-state index is 0.667. The fourth-order valence-corrected chi connectivity index (χ4v) is 2.56. The monoisotopic (exact) mass is 342 g/mol. The highest BCUT2D eigenvalue weighted by Crippen LogP contribution is 2.28. The summed E-state index contributed by atoms with van der Waals surface area (Å²) < 4.78 is 15.1. The summed E-state index contributed by atoms with van der Waals surface area (Å²) in [6, 6.07) is 0. The first-order valence-corrected chi connectivity index (χ1v) is 7.08. The Hall–Kier alpha value is -0.440. The van der Waals surface area contributed by atoms with Crippen LogP contribution in [0.25, 0.3) is 0 Å². The Balaban J connectivity index is 2.11. The smallest absolute Gasteiger partial charge is 0.187 e. The van der Waals surface area contributed by atoms with Crippen molar-refractivity contribution in [3.05, 3.63) is 0 Å². The Kier molecular flexibility index (Phi) is 6.27. The third kappa shape index (κ3) is 3.65. The van der Waals surface area contributed by atoms with Crippen molar-refractivity contribution in [1.82, 2.24) is 0 Å². The molecule has 0 radical (unpaired) electrons. The number of ether oxygens (including phenoxy) is 3. The minimum Gasteiger partial charge on any atom is -0.394 e. The fraction of sp³-hybridized carbons (Fsp3) is 1.00. The first-order valence-electron chi connectivity index (χ1n) is 7.08. The molecule has 2 aliphatic rings. The van der Waals surface area contributed by atoms with Crippen LogP contribution in [0.5, 0.6) is 0 Å². The molecular formula is C12H22O11. The minimum atomic E-state index is -1.76. The molecule has 136 valence electrons. The van der Waals surface area contributed by atoms with Gasteiger partial charge in [-0.1, -0.05) is 0 Å². The van der Waals surface area contributed by atoms with Crippen LogP contribution < -0.4 is 0 Å². The van der Waals surface area contributed by atoms with E-state index in [0.29, 0.717) is 0 Å². The van der Waals surface area contributed by atoms with Gasteiger partial charge in [-0.05, 0) is 0 Å². The molecule has 8 N–H and O–H groups in total. The summed E-state index contributed by atoms with van der Waals surface area (Å²) in [5.41, 5.74) is 0. The molecule has 0 aromatic carbocycles. The van der Waals surface area contributed by atoms with Gasteiger partial charge in [0.05, 0.1) is 13.2 Å². The predicted octanol–water partition coefficient (Wildman–Crippen LogP) is -5.40.